The molecule has 0 spiro atoms. The lowest BCUT2D eigenvalue weighted by Gasteiger charge is -2.08. The van der Waals surface area contributed by atoms with E-state index in [2.05, 4.69) is 5.32 Å². The molecule has 2 nitrogen and oxygen atoms in total. The van der Waals surface area contributed by atoms with Gasteiger partial charge in [-0.3, -0.25) is 0 Å². The van der Waals surface area contributed by atoms with E-state index < -0.39 is 11.7 Å². The summed E-state index contributed by atoms with van der Waals surface area (Å²) in [4.78, 5) is 0. The highest BCUT2D eigenvalue weighted by atomic mass is 19.4. The molecule has 0 amide bonds. The molecule has 0 aliphatic carbocycles. The molecule has 0 radical (unpaired) electrons. The van der Waals surface area contributed by atoms with E-state index in [1.165, 1.54) is 6.07 Å². The zero-order valence-corrected chi connectivity index (χ0v) is 8.81. The third kappa shape index (κ3) is 3.58. The maximum absolute atomic E-state index is 12.4. The van der Waals surface area contributed by atoms with E-state index in [4.69, 9.17) is 5.73 Å². The molecule has 1 aromatic carbocycles. The Morgan fingerprint density at radius 3 is 2.56 bits per heavy atom. The van der Waals surface area contributed by atoms with Gasteiger partial charge in [0.25, 0.3) is 0 Å². The first kappa shape index (κ1) is 12.6. The second kappa shape index (κ2) is 5.03. The third-order valence-corrected chi connectivity index (χ3v) is 1.94. The minimum Gasteiger partial charge on any atom is -0.399 e. The van der Waals surface area contributed by atoms with Crippen molar-refractivity contribution < 1.29 is 13.2 Å². The number of likely N-dealkylation sites (N-methyl/N-ethyl adjacent to an activating group) is 1. The molecule has 16 heavy (non-hydrogen) atoms. The predicted molar refractivity (Wildman–Crippen MR) is 58.8 cm³/mol. The fraction of sp³-hybridized carbons (Fsp3) is 0.273. The summed E-state index contributed by atoms with van der Waals surface area (Å²) >= 11 is 0. The third-order valence-electron chi connectivity index (χ3n) is 1.94. The van der Waals surface area contributed by atoms with Gasteiger partial charge in [-0.15, -0.1) is 0 Å². The molecule has 0 heterocycles. The summed E-state index contributed by atoms with van der Waals surface area (Å²) in [6.45, 7) is 0.593. The Bertz CT molecular complexity index is 383. The van der Waals surface area contributed by atoms with Gasteiger partial charge in [0.2, 0.25) is 0 Å². The number of hydrogen-bond donors (Lipinski definition) is 2. The number of nitrogen functional groups attached to an aromatic ring is 1. The minimum atomic E-state index is -4.36. The van der Waals surface area contributed by atoms with Crippen LogP contribution in [-0.2, 0) is 6.18 Å². The van der Waals surface area contributed by atoms with Crippen LogP contribution in [0.1, 0.15) is 11.1 Å². The Kier molecular flexibility index (Phi) is 3.95. The van der Waals surface area contributed by atoms with Crippen LogP contribution in [0.5, 0.6) is 0 Å². The monoisotopic (exact) mass is 230 g/mol. The van der Waals surface area contributed by atoms with Crippen LogP contribution < -0.4 is 11.1 Å². The van der Waals surface area contributed by atoms with Crippen molar-refractivity contribution >= 4 is 11.8 Å². The Morgan fingerprint density at radius 2 is 2.00 bits per heavy atom. The van der Waals surface area contributed by atoms with Crippen LogP contribution in [0.15, 0.2) is 24.3 Å². The molecule has 0 saturated carbocycles. The highest BCUT2D eigenvalue weighted by Gasteiger charge is 2.30. The van der Waals surface area contributed by atoms with E-state index in [1.807, 2.05) is 0 Å². The Morgan fingerprint density at radius 1 is 1.31 bits per heavy atom. The topological polar surface area (TPSA) is 38.0 Å². The largest absolute Gasteiger partial charge is 0.416 e. The molecule has 0 saturated heterocycles. The molecule has 0 aromatic heterocycles. The lowest BCUT2D eigenvalue weighted by molar-refractivity contribution is -0.137. The Balaban J connectivity index is 2.99. The zero-order valence-electron chi connectivity index (χ0n) is 8.81. The van der Waals surface area contributed by atoms with Gasteiger partial charge in [0.15, 0.2) is 0 Å². The van der Waals surface area contributed by atoms with E-state index in [-0.39, 0.29) is 5.69 Å². The number of nitrogens with one attached hydrogen (secondary N) is 1. The number of halogens is 3. The van der Waals surface area contributed by atoms with E-state index in [0.29, 0.717) is 12.1 Å². The molecule has 0 atom stereocenters. The number of hydrogen-bond acceptors (Lipinski definition) is 2. The first-order valence-corrected chi connectivity index (χ1v) is 4.72. The van der Waals surface area contributed by atoms with Gasteiger partial charge in [0, 0.05) is 12.2 Å². The smallest absolute Gasteiger partial charge is 0.399 e. The number of nitrogens with two attached hydrogens (primary N) is 1. The van der Waals surface area contributed by atoms with E-state index in [0.717, 1.165) is 12.1 Å². The molecule has 0 fully saturated rings. The van der Waals surface area contributed by atoms with Gasteiger partial charge in [-0.05, 0) is 30.8 Å². The summed E-state index contributed by atoms with van der Waals surface area (Å²) in [5.74, 6) is 0. The molecule has 1 aromatic rings. The van der Waals surface area contributed by atoms with Crippen LogP contribution in [0, 0.1) is 0 Å². The van der Waals surface area contributed by atoms with Gasteiger partial charge in [0.1, 0.15) is 0 Å². The summed E-state index contributed by atoms with van der Waals surface area (Å²) in [5.41, 5.74) is 5.24. The molecule has 5 heteroatoms. The van der Waals surface area contributed by atoms with Crippen LogP contribution in [0.25, 0.3) is 6.08 Å². The van der Waals surface area contributed by atoms with Crippen molar-refractivity contribution in [1.82, 2.24) is 5.32 Å². The average Bonchev–Trinajstić information content (AvgIpc) is 2.16. The molecule has 1 rings (SSSR count). The lowest BCUT2D eigenvalue weighted by Crippen LogP contribution is -2.06. The van der Waals surface area contributed by atoms with Gasteiger partial charge >= 0.3 is 6.18 Å². The van der Waals surface area contributed by atoms with Gasteiger partial charge in [-0.25, -0.2) is 0 Å². The second-order valence-corrected chi connectivity index (χ2v) is 3.35. The normalized spacial score (nSPS) is 12.2. The van der Waals surface area contributed by atoms with Crippen LogP contribution in [-0.4, -0.2) is 13.6 Å². The summed E-state index contributed by atoms with van der Waals surface area (Å²) in [5, 5.41) is 2.86. The van der Waals surface area contributed by atoms with E-state index in [1.54, 1.807) is 19.2 Å². The quantitative estimate of drug-likeness (QED) is 0.783. The second-order valence-electron chi connectivity index (χ2n) is 3.35. The van der Waals surface area contributed by atoms with Crippen LogP contribution in [0.2, 0.25) is 0 Å². The maximum atomic E-state index is 12.4. The van der Waals surface area contributed by atoms with Crippen molar-refractivity contribution in [1.29, 1.82) is 0 Å². The molecular formula is C11H13F3N2. The van der Waals surface area contributed by atoms with Crippen molar-refractivity contribution in [3.8, 4) is 0 Å². The zero-order chi connectivity index (χ0) is 12.2. The van der Waals surface area contributed by atoms with Gasteiger partial charge in [-0.2, -0.15) is 13.2 Å². The minimum absolute atomic E-state index is 0.110. The number of benzene rings is 1. The summed E-state index contributed by atoms with van der Waals surface area (Å²) in [7, 11) is 1.75. The lowest BCUT2D eigenvalue weighted by atomic mass is 10.1. The van der Waals surface area contributed by atoms with Crippen molar-refractivity contribution in [3.05, 3.63) is 35.4 Å². The molecule has 3 N–H and O–H groups in total. The average molecular weight is 230 g/mol. The van der Waals surface area contributed by atoms with Crippen molar-refractivity contribution in [3.63, 3.8) is 0 Å². The molecule has 0 aliphatic rings. The molecule has 0 aliphatic heterocycles. The number of rotatable bonds is 3. The number of anilines is 1. The highest BCUT2D eigenvalue weighted by Crippen LogP contribution is 2.31. The van der Waals surface area contributed by atoms with Crippen LogP contribution >= 0.6 is 0 Å². The van der Waals surface area contributed by atoms with Crippen LogP contribution in [0.3, 0.4) is 0 Å². The predicted octanol–water partition coefficient (Wildman–Crippen LogP) is 2.52. The van der Waals surface area contributed by atoms with Crippen molar-refractivity contribution in [2.24, 2.45) is 0 Å². The van der Waals surface area contributed by atoms with Crippen LogP contribution in [0.4, 0.5) is 18.9 Å². The molecule has 0 bridgehead atoms. The maximum Gasteiger partial charge on any atom is 0.416 e. The standard InChI is InChI=1S/C11H13F3N2/c1-16-4-2-3-8-5-9(11(12,13)14)7-10(15)6-8/h2-3,5-7,16H,4,15H2,1H3. The van der Waals surface area contributed by atoms with E-state index in [9.17, 15) is 13.2 Å². The molecule has 0 unspecified atom stereocenters. The fourth-order valence-corrected chi connectivity index (χ4v) is 1.25. The molecular weight excluding hydrogens is 217 g/mol. The Labute approximate surface area is 92.0 Å². The summed E-state index contributed by atoms with van der Waals surface area (Å²) in [6.07, 6.45) is -1.03. The summed E-state index contributed by atoms with van der Waals surface area (Å²) in [6, 6.07) is 3.50. The first-order chi connectivity index (χ1) is 7.43. The number of alkyl halides is 3. The first-order valence-electron chi connectivity index (χ1n) is 4.72. The summed E-state index contributed by atoms with van der Waals surface area (Å²) < 4.78 is 37.3. The van der Waals surface area contributed by atoms with Gasteiger partial charge in [0.05, 0.1) is 5.56 Å². The SMILES string of the molecule is CNCC=Cc1cc(N)cc(C(F)(F)F)c1. The highest BCUT2D eigenvalue weighted by molar-refractivity contribution is 5.58. The van der Waals surface area contributed by atoms with Crippen molar-refractivity contribution in [2.45, 2.75) is 6.18 Å². The Hall–Kier alpha value is -1.49. The molecule has 88 valence electrons. The van der Waals surface area contributed by atoms with Gasteiger partial charge in [-0.1, -0.05) is 12.2 Å². The van der Waals surface area contributed by atoms with Crippen molar-refractivity contribution in [2.75, 3.05) is 19.3 Å². The van der Waals surface area contributed by atoms with E-state index >= 15 is 0 Å². The van der Waals surface area contributed by atoms with Gasteiger partial charge < -0.3 is 11.1 Å². The fourth-order valence-electron chi connectivity index (χ4n) is 1.25.